The highest BCUT2D eigenvalue weighted by Gasteiger charge is 2.40. The van der Waals surface area contributed by atoms with E-state index in [1.54, 1.807) is 0 Å². The molecule has 96 valence electrons. The number of hydrogen-bond acceptors (Lipinski definition) is 1. The maximum absolute atomic E-state index is 12.5. The molecule has 0 bridgehead atoms. The van der Waals surface area contributed by atoms with Crippen LogP contribution in [0.2, 0.25) is 0 Å². The Labute approximate surface area is 100 Å². The van der Waals surface area contributed by atoms with Crippen LogP contribution in [0.4, 0.5) is 26.3 Å². The topological polar surface area (TPSA) is 20.2 Å². The standard InChI is InChI=1S/C9H5BrF6O/c10-4-1-6(8(11,12)13)5(3-17)7(2-4)9(14,15)16/h1-2,17H,3H2. The summed E-state index contributed by atoms with van der Waals surface area (Å²) in [6.07, 6.45) is -9.91. The van der Waals surface area contributed by atoms with Gasteiger partial charge in [-0.1, -0.05) is 15.9 Å². The summed E-state index contributed by atoms with van der Waals surface area (Å²) in [5, 5.41) is 8.70. The van der Waals surface area contributed by atoms with Gasteiger partial charge in [-0.2, -0.15) is 26.3 Å². The van der Waals surface area contributed by atoms with Crippen molar-refractivity contribution in [3.8, 4) is 0 Å². The van der Waals surface area contributed by atoms with Crippen molar-refractivity contribution in [2.45, 2.75) is 19.0 Å². The third kappa shape index (κ3) is 3.12. The van der Waals surface area contributed by atoms with Crippen LogP contribution < -0.4 is 0 Å². The molecule has 1 nitrogen and oxygen atoms in total. The van der Waals surface area contributed by atoms with Crippen molar-refractivity contribution in [1.29, 1.82) is 0 Å². The molecule has 0 spiro atoms. The molecule has 0 saturated heterocycles. The minimum atomic E-state index is -4.96. The summed E-state index contributed by atoms with van der Waals surface area (Å²) < 4.78 is 74.6. The third-order valence-corrected chi connectivity index (χ3v) is 2.44. The van der Waals surface area contributed by atoms with Crippen molar-refractivity contribution >= 4 is 15.9 Å². The third-order valence-electron chi connectivity index (χ3n) is 1.98. The van der Waals surface area contributed by atoms with Crippen molar-refractivity contribution in [3.05, 3.63) is 33.3 Å². The van der Waals surface area contributed by atoms with Crippen molar-refractivity contribution in [2.75, 3.05) is 0 Å². The highest BCUT2D eigenvalue weighted by atomic mass is 79.9. The highest BCUT2D eigenvalue weighted by Crippen LogP contribution is 2.41. The molecule has 0 heterocycles. The molecule has 0 atom stereocenters. The van der Waals surface area contributed by atoms with Gasteiger partial charge in [0.2, 0.25) is 0 Å². The molecule has 0 aliphatic carbocycles. The van der Waals surface area contributed by atoms with E-state index in [1.165, 1.54) is 0 Å². The quantitative estimate of drug-likeness (QED) is 0.775. The van der Waals surface area contributed by atoms with Gasteiger partial charge in [0.05, 0.1) is 17.7 Å². The van der Waals surface area contributed by atoms with Crippen LogP contribution in [0.25, 0.3) is 0 Å². The van der Waals surface area contributed by atoms with E-state index < -0.39 is 35.6 Å². The molecule has 0 unspecified atom stereocenters. The lowest BCUT2D eigenvalue weighted by atomic mass is 10.0. The minimum Gasteiger partial charge on any atom is -0.392 e. The summed E-state index contributed by atoms with van der Waals surface area (Å²) in [5.74, 6) is 0. The Morgan fingerprint density at radius 1 is 0.941 bits per heavy atom. The van der Waals surface area contributed by atoms with Crippen molar-refractivity contribution in [1.82, 2.24) is 0 Å². The van der Waals surface area contributed by atoms with Crippen LogP contribution in [0.3, 0.4) is 0 Å². The monoisotopic (exact) mass is 322 g/mol. The fraction of sp³-hybridized carbons (Fsp3) is 0.333. The second-order valence-corrected chi connectivity index (χ2v) is 4.05. The average molecular weight is 323 g/mol. The predicted octanol–water partition coefficient (Wildman–Crippen LogP) is 3.98. The fourth-order valence-corrected chi connectivity index (χ4v) is 1.77. The Hall–Kier alpha value is -0.760. The van der Waals surface area contributed by atoms with Gasteiger partial charge in [0.15, 0.2) is 0 Å². The van der Waals surface area contributed by atoms with Crippen LogP contribution in [-0.4, -0.2) is 5.11 Å². The number of benzene rings is 1. The molecule has 8 heteroatoms. The Balaban J connectivity index is 3.58. The summed E-state index contributed by atoms with van der Waals surface area (Å²) >= 11 is 2.58. The maximum atomic E-state index is 12.5. The van der Waals surface area contributed by atoms with Gasteiger partial charge in [-0.15, -0.1) is 0 Å². The first-order valence-corrected chi connectivity index (χ1v) is 4.94. The van der Waals surface area contributed by atoms with E-state index in [0.29, 0.717) is 12.1 Å². The number of alkyl halides is 6. The Kier molecular flexibility index (Phi) is 3.78. The van der Waals surface area contributed by atoms with Crippen molar-refractivity contribution in [2.24, 2.45) is 0 Å². The van der Waals surface area contributed by atoms with E-state index in [9.17, 15) is 26.3 Å². The summed E-state index contributed by atoms with van der Waals surface area (Å²) in [7, 11) is 0. The van der Waals surface area contributed by atoms with Crippen LogP contribution in [0.15, 0.2) is 16.6 Å². The number of rotatable bonds is 1. The second-order valence-electron chi connectivity index (χ2n) is 3.13. The summed E-state index contributed by atoms with van der Waals surface area (Å²) in [4.78, 5) is 0. The normalized spacial score (nSPS) is 12.9. The predicted molar refractivity (Wildman–Crippen MR) is 50.1 cm³/mol. The molecule has 0 amide bonds. The first-order chi connectivity index (χ1) is 7.57. The van der Waals surface area contributed by atoms with Gasteiger partial charge in [-0.05, 0) is 12.1 Å². The van der Waals surface area contributed by atoms with Crippen molar-refractivity contribution < 1.29 is 31.4 Å². The molecule has 1 rings (SSSR count). The second kappa shape index (κ2) is 4.49. The van der Waals surface area contributed by atoms with Gasteiger partial charge >= 0.3 is 12.4 Å². The molecular weight excluding hydrogens is 318 g/mol. The van der Waals surface area contributed by atoms with Gasteiger partial charge in [0.1, 0.15) is 0 Å². The average Bonchev–Trinajstić information content (AvgIpc) is 2.13. The SMILES string of the molecule is OCc1c(C(F)(F)F)cc(Br)cc1C(F)(F)F. The van der Waals surface area contributed by atoms with Crippen LogP contribution in [-0.2, 0) is 19.0 Å². The van der Waals surface area contributed by atoms with Crippen LogP contribution >= 0.6 is 15.9 Å². The summed E-state index contributed by atoms with van der Waals surface area (Å²) in [6.45, 7) is -1.34. The summed E-state index contributed by atoms with van der Waals surface area (Å²) in [6, 6.07) is 1.00. The molecule has 0 aromatic heterocycles. The molecule has 0 aliphatic rings. The van der Waals surface area contributed by atoms with E-state index in [0.717, 1.165) is 0 Å². The largest absolute Gasteiger partial charge is 0.416 e. The van der Waals surface area contributed by atoms with Crippen LogP contribution in [0, 0.1) is 0 Å². The van der Waals surface area contributed by atoms with E-state index in [-0.39, 0.29) is 4.47 Å². The molecule has 0 radical (unpaired) electrons. The van der Waals surface area contributed by atoms with E-state index in [4.69, 9.17) is 5.11 Å². The number of hydrogen-bond donors (Lipinski definition) is 1. The Bertz CT molecular complexity index is 387. The minimum absolute atomic E-state index is 0.352. The lowest BCUT2D eigenvalue weighted by Crippen LogP contribution is -2.16. The van der Waals surface area contributed by atoms with E-state index in [1.807, 2.05) is 0 Å². The maximum Gasteiger partial charge on any atom is 0.416 e. The Morgan fingerprint density at radius 2 is 1.29 bits per heavy atom. The molecule has 17 heavy (non-hydrogen) atoms. The molecule has 1 aromatic rings. The van der Waals surface area contributed by atoms with E-state index in [2.05, 4.69) is 15.9 Å². The van der Waals surface area contributed by atoms with Crippen LogP contribution in [0.5, 0.6) is 0 Å². The van der Waals surface area contributed by atoms with Crippen molar-refractivity contribution in [3.63, 3.8) is 0 Å². The van der Waals surface area contributed by atoms with Gasteiger partial charge in [0.25, 0.3) is 0 Å². The lowest BCUT2D eigenvalue weighted by Gasteiger charge is -2.17. The first kappa shape index (κ1) is 14.3. The molecule has 0 saturated carbocycles. The fourth-order valence-electron chi connectivity index (χ4n) is 1.31. The van der Waals surface area contributed by atoms with Gasteiger partial charge in [-0.25, -0.2) is 0 Å². The molecule has 1 aromatic carbocycles. The molecular formula is C9H5BrF6O. The number of halogens is 7. The van der Waals surface area contributed by atoms with Crippen LogP contribution in [0.1, 0.15) is 16.7 Å². The molecule has 0 fully saturated rings. The van der Waals surface area contributed by atoms with Gasteiger partial charge in [0, 0.05) is 10.0 Å². The van der Waals surface area contributed by atoms with Gasteiger partial charge < -0.3 is 5.11 Å². The Morgan fingerprint density at radius 3 is 1.53 bits per heavy atom. The number of aliphatic hydroxyl groups excluding tert-OH is 1. The highest BCUT2D eigenvalue weighted by molar-refractivity contribution is 9.10. The lowest BCUT2D eigenvalue weighted by molar-refractivity contribution is -0.145. The zero-order valence-corrected chi connectivity index (χ0v) is 9.54. The zero-order valence-electron chi connectivity index (χ0n) is 7.95. The van der Waals surface area contributed by atoms with E-state index >= 15 is 0 Å². The zero-order chi connectivity index (χ0) is 13.4. The summed E-state index contributed by atoms with van der Waals surface area (Å²) in [5.41, 5.74) is -4.17. The van der Waals surface area contributed by atoms with Gasteiger partial charge in [-0.3, -0.25) is 0 Å². The number of aliphatic hydroxyl groups is 1. The smallest absolute Gasteiger partial charge is 0.392 e. The molecule has 0 aliphatic heterocycles. The molecule has 1 N–H and O–H groups in total. The first-order valence-electron chi connectivity index (χ1n) is 4.15.